The normalized spacial score (nSPS) is 13.9. The molecule has 10 heteroatoms. The molecule has 1 aliphatic heterocycles. The van der Waals surface area contributed by atoms with Crippen molar-refractivity contribution in [1.82, 2.24) is 15.2 Å². The van der Waals surface area contributed by atoms with Crippen LogP contribution in [0, 0.1) is 5.82 Å². The first-order valence-corrected chi connectivity index (χ1v) is 12.9. The molecule has 2 heterocycles. The van der Waals surface area contributed by atoms with Crippen LogP contribution in [-0.4, -0.2) is 47.2 Å². The lowest BCUT2D eigenvalue weighted by molar-refractivity contribution is -0.132. The van der Waals surface area contributed by atoms with Gasteiger partial charge in [-0.15, -0.1) is 11.3 Å². The SMILES string of the molecule is CC(=O)NCCC(=O)N1CCC(c2nc(C(=O)Nc3ccc(F)cc3-c3ccc(Cl)cc3)cs2)CC1. The number of hydrogen-bond donors (Lipinski definition) is 2. The molecule has 7 nitrogen and oxygen atoms in total. The van der Waals surface area contributed by atoms with E-state index in [4.69, 9.17) is 11.6 Å². The van der Waals surface area contributed by atoms with Crippen LogP contribution in [0.25, 0.3) is 11.1 Å². The van der Waals surface area contributed by atoms with E-state index in [1.165, 1.54) is 36.5 Å². The van der Waals surface area contributed by atoms with Crippen LogP contribution in [0.5, 0.6) is 0 Å². The largest absolute Gasteiger partial charge is 0.356 e. The number of hydrogen-bond acceptors (Lipinski definition) is 5. The van der Waals surface area contributed by atoms with Gasteiger partial charge in [-0.3, -0.25) is 14.4 Å². The molecule has 0 spiro atoms. The van der Waals surface area contributed by atoms with E-state index in [9.17, 15) is 18.8 Å². The average molecular weight is 529 g/mol. The van der Waals surface area contributed by atoms with E-state index in [0.717, 1.165) is 23.4 Å². The lowest BCUT2D eigenvalue weighted by Gasteiger charge is -2.31. The summed E-state index contributed by atoms with van der Waals surface area (Å²) in [6.45, 7) is 3.00. The molecular weight excluding hydrogens is 503 g/mol. The number of aromatic nitrogens is 1. The zero-order chi connectivity index (χ0) is 25.7. The van der Waals surface area contributed by atoms with E-state index in [-0.39, 0.29) is 30.1 Å². The maximum absolute atomic E-state index is 14.0. The fraction of sp³-hybridized carbons (Fsp3) is 0.308. The molecule has 1 aromatic heterocycles. The van der Waals surface area contributed by atoms with E-state index in [2.05, 4.69) is 15.6 Å². The van der Waals surface area contributed by atoms with Crippen molar-refractivity contribution in [3.63, 3.8) is 0 Å². The number of carbonyl (C=O) groups excluding carboxylic acids is 3. The van der Waals surface area contributed by atoms with Gasteiger partial charge in [0, 0.05) is 60.6 Å². The van der Waals surface area contributed by atoms with Crippen molar-refractivity contribution in [2.45, 2.75) is 32.1 Å². The average Bonchev–Trinajstić information content (AvgIpc) is 3.36. The number of nitrogens with zero attached hydrogens (tertiary/aromatic N) is 2. The van der Waals surface area contributed by atoms with Crippen molar-refractivity contribution in [2.75, 3.05) is 25.0 Å². The summed E-state index contributed by atoms with van der Waals surface area (Å²) >= 11 is 7.40. The molecule has 0 saturated carbocycles. The summed E-state index contributed by atoms with van der Waals surface area (Å²) < 4.78 is 14.0. The summed E-state index contributed by atoms with van der Waals surface area (Å²) in [5, 5.41) is 8.65. The second-order valence-corrected chi connectivity index (χ2v) is 9.94. The number of thiazole rings is 1. The molecule has 188 valence electrons. The molecule has 3 aromatic rings. The number of benzene rings is 2. The van der Waals surface area contributed by atoms with E-state index in [1.54, 1.807) is 29.6 Å². The highest BCUT2D eigenvalue weighted by atomic mass is 35.5. The summed E-state index contributed by atoms with van der Waals surface area (Å²) in [6.07, 6.45) is 1.81. The van der Waals surface area contributed by atoms with Crippen molar-refractivity contribution in [3.8, 4) is 11.1 Å². The summed E-state index contributed by atoms with van der Waals surface area (Å²) in [4.78, 5) is 42.6. The molecule has 0 atom stereocenters. The number of halogens is 2. The van der Waals surface area contributed by atoms with Gasteiger partial charge in [-0.05, 0) is 48.7 Å². The predicted octanol–water partition coefficient (Wildman–Crippen LogP) is 5.09. The molecule has 1 aliphatic rings. The fourth-order valence-corrected chi connectivity index (χ4v) is 5.24. The van der Waals surface area contributed by atoms with Crippen LogP contribution < -0.4 is 10.6 Å². The van der Waals surface area contributed by atoms with Gasteiger partial charge in [0.25, 0.3) is 5.91 Å². The first-order valence-electron chi connectivity index (χ1n) is 11.6. The lowest BCUT2D eigenvalue weighted by Crippen LogP contribution is -2.39. The minimum atomic E-state index is -0.408. The number of nitrogens with one attached hydrogen (secondary N) is 2. The molecule has 0 unspecified atom stereocenters. The third-order valence-electron chi connectivity index (χ3n) is 6.05. The Morgan fingerprint density at radius 1 is 1.14 bits per heavy atom. The molecule has 3 amide bonds. The number of amides is 3. The Bertz CT molecular complexity index is 1260. The van der Waals surface area contributed by atoms with Crippen molar-refractivity contribution in [1.29, 1.82) is 0 Å². The highest BCUT2D eigenvalue weighted by molar-refractivity contribution is 7.10. The van der Waals surface area contributed by atoms with Crippen molar-refractivity contribution >= 4 is 46.3 Å². The number of anilines is 1. The lowest BCUT2D eigenvalue weighted by atomic mass is 9.97. The van der Waals surface area contributed by atoms with Gasteiger partial charge in [-0.1, -0.05) is 23.7 Å². The maximum atomic E-state index is 14.0. The highest BCUT2D eigenvalue weighted by Crippen LogP contribution is 2.32. The summed E-state index contributed by atoms with van der Waals surface area (Å²) in [7, 11) is 0. The van der Waals surface area contributed by atoms with Crippen molar-refractivity contribution in [2.24, 2.45) is 0 Å². The zero-order valence-corrected chi connectivity index (χ0v) is 21.3. The summed E-state index contributed by atoms with van der Waals surface area (Å²) in [6, 6.07) is 11.2. The van der Waals surface area contributed by atoms with Gasteiger partial charge in [-0.2, -0.15) is 0 Å². The molecular formula is C26H26ClFN4O3S. The Morgan fingerprint density at radius 3 is 2.56 bits per heavy atom. The smallest absolute Gasteiger partial charge is 0.275 e. The molecule has 2 aromatic carbocycles. The monoisotopic (exact) mass is 528 g/mol. The third-order valence-corrected chi connectivity index (χ3v) is 7.31. The van der Waals surface area contributed by atoms with E-state index >= 15 is 0 Å². The summed E-state index contributed by atoms with van der Waals surface area (Å²) in [5.41, 5.74) is 2.05. The van der Waals surface area contributed by atoms with Gasteiger partial charge in [0.2, 0.25) is 11.8 Å². The van der Waals surface area contributed by atoms with E-state index < -0.39 is 5.82 Å². The van der Waals surface area contributed by atoms with Gasteiger partial charge >= 0.3 is 0 Å². The number of rotatable bonds is 7. The van der Waals surface area contributed by atoms with Gasteiger partial charge in [0.15, 0.2) is 0 Å². The van der Waals surface area contributed by atoms with E-state index in [0.29, 0.717) is 41.6 Å². The minimum absolute atomic E-state index is 0.0252. The van der Waals surface area contributed by atoms with Gasteiger partial charge in [0.1, 0.15) is 11.5 Å². The van der Waals surface area contributed by atoms with Gasteiger partial charge < -0.3 is 15.5 Å². The van der Waals surface area contributed by atoms with E-state index in [1.807, 2.05) is 4.90 Å². The third kappa shape index (κ3) is 6.47. The topological polar surface area (TPSA) is 91.4 Å². The first kappa shape index (κ1) is 25.8. The second kappa shape index (κ2) is 11.6. The fourth-order valence-electron chi connectivity index (χ4n) is 4.14. The number of piperidine rings is 1. The first-order chi connectivity index (χ1) is 17.3. The molecule has 4 rings (SSSR count). The van der Waals surface area contributed by atoms with Crippen LogP contribution >= 0.6 is 22.9 Å². The van der Waals surface area contributed by atoms with Gasteiger partial charge in [-0.25, -0.2) is 9.37 Å². The minimum Gasteiger partial charge on any atom is -0.356 e. The van der Waals surface area contributed by atoms with Gasteiger partial charge in [0.05, 0.1) is 5.01 Å². The maximum Gasteiger partial charge on any atom is 0.275 e. The molecule has 2 N–H and O–H groups in total. The molecule has 36 heavy (non-hydrogen) atoms. The van der Waals surface area contributed by atoms with Crippen LogP contribution in [0.3, 0.4) is 0 Å². The van der Waals surface area contributed by atoms with Crippen LogP contribution in [-0.2, 0) is 9.59 Å². The molecule has 0 bridgehead atoms. The Hall–Kier alpha value is -3.30. The van der Waals surface area contributed by atoms with Crippen LogP contribution in [0.1, 0.15) is 47.6 Å². The van der Waals surface area contributed by atoms with Crippen molar-refractivity contribution < 1.29 is 18.8 Å². The van der Waals surface area contributed by atoms with Crippen LogP contribution in [0.2, 0.25) is 5.02 Å². The second-order valence-electron chi connectivity index (χ2n) is 8.61. The zero-order valence-electron chi connectivity index (χ0n) is 19.7. The number of carbonyl (C=O) groups is 3. The Labute approximate surface area is 217 Å². The molecule has 1 fully saturated rings. The quantitative estimate of drug-likeness (QED) is 0.447. The standard InChI is InChI=1S/C26H26ClFN4O3S/c1-16(33)29-11-8-24(34)32-12-9-18(10-13-32)26-31-23(15-36-26)25(35)30-22-7-6-20(28)14-21(22)17-2-4-19(27)5-3-17/h2-7,14-15,18H,8-13H2,1H3,(H,29,33)(H,30,35). The van der Waals surface area contributed by atoms with Crippen LogP contribution in [0.15, 0.2) is 47.8 Å². The van der Waals surface area contributed by atoms with Crippen molar-refractivity contribution in [3.05, 3.63) is 69.4 Å². The molecule has 1 saturated heterocycles. The number of likely N-dealkylation sites (tertiary alicyclic amines) is 1. The predicted molar refractivity (Wildman–Crippen MR) is 139 cm³/mol. The van der Waals surface area contributed by atoms with Crippen LogP contribution in [0.4, 0.5) is 10.1 Å². The highest BCUT2D eigenvalue weighted by Gasteiger charge is 2.26. The summed E-state index contributed by atoms with van der Waals surface area (Å²) in [5.74, 6) is -0.729. The molecule has 0 aliphatic carbocycles. The Kier molecular flexibility index (Phi) is 8.32. The Balaban J connectivity index is 1.37. The Morgan fingerprint density at radius 2 is 1.86 bits per heavy atom. The molecule has 0 radical (unpaired) electrons.